The summed E-state index contributed by atoms with van der Waals surface area (Å²) in [6.45, 7) is 0.587. The standard InChI is InChI=1S/C16H20N2O2S/c17-12-14-7-2-4-10-16(14)21(19,20)18-11-5-8-13-6-1-3-9-15(13)18/h2,4,7,10,13,15H,1,3,5-6,8-9,11H2/t13-,15-/m0/s1. The number of nitriles is 1. The number of piperidine rings is 1. The Balaban J connectivity index is 1.99. The van der Waals surface area contributed by atoms with Crippen molar-refractivity contribution in [3.05, 3.63) is 29.8 Å². The van der Waals surface area contributed by atoms with E-state index in [0.717, 1.165) is 32.1 Å². The normalized spacial score (nSPS) is 26.8. The van der Waals surface area contributed by atoms with Crippen molar-refractivity contribution >= 4 is 10.0 Å². The van der Waals surface area contributed by atoms with Crippen LogP contribution in [0.15, 0.2) is 29.2 Å². The Labute approximate surface area is 126 Å². The van der Waals surface area contributed by atoms with Crippen LogP contribution in [0, 0.1) is 17.2 Å². The van der Waals surface area contributed by atoms with Crippen LogP contribution in [0.5, 0.6) is 0 Å². The molecule has 1 saturated carbocycles. The summed E-state index contributed by atoms with van der Waals surface area (Å²) in [6, 6.07) is 8.67. The van der Waals surface area contributed by atoms with Crippen molar-refractivity contribution in [1.29, 1.82) is 5.26 Å². The van der Waals surface area contributed by atoms with Crippen LogP contribution in [-0.2, 0) is 10.0 Å². The van der Waals surface area contributed by atoms with E-state index in [1.165, 1.54) is 6.42 Å². The summed E-state index contributed by atoms with van der Waals surface area (Å²) in [5.41, 5.74) is 0.246. The van der Waals surface area contributed by atoms with Gasteiger partial charge in [0.15, 0.2) is 0 Å². The zero-order chi connectivity index (χ0) is 14.9. The van der Waals surface area contributed by atoms with Gasteiger partial charge in [-0.2, -0.15) is 9.57 Å². The maximum Gasteiger partial charge on any atom is 0.244 e. The van der Waals surface area contributed by atoms with Gasteiger partial charge < -0.3 is 0 Å². The van der Waals surface area contributed by atoms with Gasteiger partial charge in [0.05, 0.1) is 10.5 Å². The fraction of sp³-hybridized carbons (Fsp3) is 0.562. The molecule has 112 valence electrons. The van der Waals surface area contributed by atoms with E-state index in [0.29, 0.717) is 12.5 Å². The van der Waals surface area contributed by atoms with Crippen LogP contribution >= 0.6 is 0 Å². The van der Waals surface area contributed by atoms with Gasteiger partial charge in [-0.3, -0.25) is 0 Å². The molecule has 3 rings (SSSR count). The van der Waals surface area contributed by atoms with Crippen LogP contribution in [0.2, 0.25) is 0 Å². The number of sulfonamides is 1. The van der Waals surface area contributed by atoms with Crippen LogP contribution < -0.4 is 0 Å². The Hall–Kier alpha value is -1.38. The van der Waals surface area contributed by atoms with E-state index >= 15 is 0 Å². The fourth-order valence-corrected chi connectivity index (χ4v) is 5.69. The monoisotopic (exact) mass is 304 g/mol. The molecular formula is C16H20N2O2S. The highest BCUT2D eigenvalue weighted by Crippen LogP contribution is 2.38. The van der Waals surface area contributed by atoms with Crippen LogP contribution in [0.1, 0.15) is 44.1 Å². The largest absolute Gasteiger partial charge is 0.244 e. The van der Waals surface area contributed by atoms with Gasteiger partial charge in [0.1, 0.15) is 6.07 Å². The van der Waals surface area contributed by atoms with Crippen LogP contribution in [0.3, 0.4) is 0 Å². The second kappa shape index (κ2) is 5.78. The van der Waals surface area contributed by atoms with Crippen LogP contribution in [-0.4, -0.2) is 25.3 Å². The molecule has 1 aromatic carbocycles. The highest BCUT2D eigenvalue weighted by Gasteiger charge is 2.40. The van der Waals surface area contributed by atoms with Gasteiger partial charge in [-0.1, -0.05) is 25.0 Å². The van der Waals surface area contributed by atoms with E-state index in [4.69, 9.17) is 0 Å². The van der Waals surface area contributed by atoms with Gasteiger partial charge in [0.25, 0.3) is 0 Å². The number of rotatable bonds is 2. The first-order chi connectivity index (χ1) is 10.1. The van der Waals surface area contributed by atoms with Crippen molar-refractivity contribution in [2.75, 3.05) is 6.54 Å². The maximum atomic E-state index is 13.0. The molecular weight excluding hydrogens is 284 g/mol. The number of hydrogen-bond donors (Lipinski definition) is 0. The molecule has 0 bridgehead atoms. The molecule has 1 aliphatic heterocycles. The Morgan fingerprint density at radius 2 is 1.81 bits per heavy atom. The molecule has 1 heterocycles. The first kappa shape index (κ1) is 14.6. The second-order valence-corrected chi connectivity index (χ2v) is 7.84. The van der Waals surface area contributed by atoms with Gasteiger partial charge in [0.2, 0.25) is 10.0 Å². The Morgan fingerprint density at radius 1 is 1.10 bits per heavy atom. The highest BCUT2D eigenvalue weighted by atomic mass is 32.2. The first-order valence-corrected chi connectivity index (χ1v) is 9.09. The molecule has 1 aromatic rings. The van der Waals surface area contributed by atoms with Crippen LogP contribution in [0.4, 0.5) is 0 Å². The van der Waals surface area contributed by atoms with Crippen molar-refractivity contribution in [2.45, 2.75) is 49.5 Å². The molecule has 1 aliphatic carbocycles. The third-order valence-electron chi connectivity index (χ3n) is 4.79. The summed E-state index contributed by atoms with van der Waals surface area (Å²) in [7, 11) is -3.56. The molecule has 0 unspecified atom stereocenters. The van der Waals surface area contributed by atoms with E-state index in [1.54, 1.807) is 28.6 Å². The third kappa shape index (κ3) is 2.58. The maximum absolute atomic E-state index is 13.0. The molecule has 0 spiro atoms. The smallest absolute Gasteiger partial charge is 0.207 e. The topological polar surface area (TPSA) is 61.2 Å². The van der Waals surface area contributed by atoms with Crippen molar-refractivity contribution in [3.8, 4) is 6.07 Å². The molecule has 0 aromatic heterocycles. The second-order valence-electron chi connectivity index (χ2n) is 5.98. The van der Waals surface area contributed by atoms with E-state index < -0.39 is 10.0 Å². The van der Waals surface area contributed by atoms with Gasteiger partial charge in [-0.15, -0.1) is 0 Å². The first-order valence-electron chi connectivity index (χ1n) is 7.65. The van der Waals surface area contributed by atoms with Gasteiger partial charge >= 0.3 is 0 Å². The van der Waals surface area contributed by atoms with E-state index in [9.17, 15) is 13.7 Å². The van der Waals surface area contributed by atoms with E-state index in [-0.39, 0.29) is 16.5 Å². The minimum Gasteiger partial charge on any atom is -0.207 e. The summed E-state index contributed by atoms with van der Waals surface area (Å²) in [6.07, 6.45) is 6.47. The molecule has 4 nitrogen and oxygen atoms in total. The molecule has 0 radical (unpaired) electrons. The fourth-order valence-electron chi connectivity index (χ4n) is 3.79. The lowest BCUT2D eigenvalue weighted by Gasteiger charge is -2.43. The van der Waals surface area contributed by atoms with Gasteiger partial charge in [-0.05, 0) is 43.7 Å². The SMILES string of the molecule is N#Cc1ccccc1S(=O)(=O)N1CCC[C@@H]2CCCC[C@@H]21. The van der Waals surface area contributed by atoms with Gasteiger partial charge in [-0.25, -0.2) is 8.42 Å². The quantitative estimate of drug-likeness (QED) is 0.844. The highest BCUT2D eigenvalue weighted by molar-refractivity contribution is 7.89. The molecule has 2 aliphatic rings. The Kier molecular flexibility index (Phi) is 4.01. The van der Waals surface area contributed by atoms with Crippen LogP contribution in [0.25, 0.3) is 0 Å². The Morgan fingerprint density at radius 3 is 2.62 bits per heavy atom. The Bertz CT molecular complexity index is 661. The van der Waals surface area contributed by atoms with Crippen molar-refractivity contribution in [1.82, 2.24) is 4.31 Å². The lowest BCUT2D eigenvalue weighted by atomic mass is 9.79. The van der Waals surface area contributed by atoms with E-state index in [1.807, 2.05) is 6.07 Å². The van der Waals surface area contributed by atoms with Crippen molar-refractivity contribution < 1.29 is 8.42 Å². The van der Waals surface area contributed by atoms with Crippen molar-refractivity contribution in [2.24, 2.45) is 5.92 Å². The molecule has 0 N–H and O–H groups in total. The summed E-state index contributed by atoms with van der Waals surface area (Å²) in [4.78, 5) is 0.165. The predicted octanol–water partition coefficient (Wildman–Crippen LogP) is 2.90. The lowest BCUT2D eigenvalue weighted by molar-refractivity contribution is 0.129. The van der Waals surface area contributed by atoms with Crippen molar-refractivity contribution in [3.63, 3.8) is 0 Å². The minimum absolute atomic E-state index is 0.129. The molecule has 2 atom stereocenters. The number of hydrogen-bond acceptors (Lipinski definition) is 3. The average Bonchev–Trinajstić information content (AvgIpc) is 2.54. The molecule has 0 amide bonds. The van der Waals surface area contributed by atoms with E-state index in [2.05, 4.69) is 0 Å². The molecule has 5 heteroatoms. The molecule has 2 fully saturated rings. The zero-order valence-electron chi connectivity index (χ0n) is 12.0. The summed E-state index contributed by atoms with van der Waals surface area (Å²) in [5.74, 6) is 0.497. The third-order valence-corrected chi connectivity index (χ3v) is 6.77. The average molecular weight is 304 g/mol. The number of nitrogens with zero attached hydrogens (tertiary/aromatic N) is 2. The summed E-state index contributed by atoms with van der Waals surface area (Å²) >= 11 is 0. The lowest BCUT2D eigenvalue weighted by Crippen LogP contribution is -2.49. The van der Waals surface area contributed by atoms with Gasteiger partial charge in [0, 0.05) is 12.6 Å². The minimum atomic E-state index is -3.56. The molecule has 1 saturated heterocycles. The number of fused-ring (bicyclic) bond motifs is 1. The summed E-state index contributed by atoms with van der Waals surface area (Å²) < 4.78 is 27.7. The summed E-state index contributed by atoms with van der Waals surface area (Å²) in [5, 5.41) is 9.18. The number of benzene rings is 1. The predicted molar refractivity (Wildman–Crippen MR) is 80.0 cm³/mol. The molecule has 21 heavy (non-hydrogen) atoms. The zero-order valence-corrected chi connectivity index (χ0v) is 12.8.